The van der Waals surface area contributed by atoms with Gasteiger partial charge in [0.25, 0.3) is 5.91 Å². The number of hydrogen-bond donors (Lipinski definition) is 3. The highest BCUT2D eigenvalue weighted by Crippen LogP contribution is 1.99. The number of nitrogens with one attached hydrogen (secondary N) is 3. The number of piperazine rings is 1. The van der Waals surface area contributed by atoms with Gasteiger partial charge in [0, 0.05) is 6.54 Å². The van der Waals surface area contributed by atoms with Gasteiger partial charge in [-0.25, -0.2) is 0 Å². The third kappa shape index (κ3) is 6.05. The fraction of sp³-hybridized carbons (Fsp3) is 0.348. The minimum Gasteiger partial charge on any atom is -0.347 e. The standard InChI is InChI=1S/C23H29N3O/c1-20(23(27)24-19-22-11-6-3-7-12-22)26-17-15-25(16-18-26)14-8-13-21-9-4-2-5-10-21/h2-13,20H,14-19H2,1H3,(H,24,27)/p+2/b13-8+/t20-/m1/s1. The number of hydrogen-bond acceptors (Lipinski definition) is 1. The van der Waals surface area contributed by atoms with Crippen molar-refractivity contribution in [3.05, 3.63) is 77.9 Å². The first-order valence-corrected chi connectivity index (χ1v) is 9.94. The molecule has 142 valence electrons. The molecule has 1 aliphatic rings. The minimum atomic E-state index is 0.00937. The van der Waals surface area contributed by atoms with E-state index in [0.717, 1.165) is 38.3 Å². The molecular formula is C23H31N3O+2. The van der Waals surface area contributed by atoms with E-state index in [-0.39, 0.29) is 11.9 Å². The van der Waals surface area contributed by atoms with Gasteiger partial charge in [0.15, 0.2) is 6.04 Å². The molecule has 0 bridgehead atoms. The van der Waals surface area contributed by atoms with Gasteiger partial charge in [-0.05, 0) is 24.1 Å². The highest BCUT2D eigenvalue weighted by atomic mass is 16.2. The van der Waals surface area contributed by atoms with Crippen LogP contribution >= 0.6 is 0 Å². The van der Waals surface area contributed by atoms with Crippen molar-refractivity contribution >= 4 is 12.0 Å². The molecule has 1 atom stereocenters. The van der Waals surface area contributed by atoms with Gasteiger partial charge >= 0.3 is 0 Å². The molecular weight excluding hydrogens is 334 g/mol. The van der Waals surface area contributed by atoms with Gasteiger partial charge in [0.05, 0.1) is 6.54 Å². The Kier molecular flexibility index (Phi) is 7.19. The molecule has 2 aromatic rings. The van der Waals surface area contributed by atoms with Crippen LogP contribution in [0.4, 0.5) is 0 Å². The van der Waals surface area contributed by atoms with Crippen LogP contribution in [0.5, 0.6) is 0 Å². The Morgan fingerprint density at radius 3 is 2.30 bits per heavy atom. The zero-order valence-electron chi connectivity index (χ0n) is 16.2. The fourth-order valence-electron chi connectivity index (χ4n) is 3.61. The third-order valence-electron chi connectivity index (χ3n) is 5.43. The smallest absolute Gasteiger partial charge is 0.278 e. The summed E-state index contributed by atoms with van der Waals surface area (Å²) in [5, 5.41) is 3.08. The fourth-order valence-corrected chi connectivity index (χ4v) is 3.61. The van der Waals surface area contributed by atoms with Crippen molar-refractivity contribution in [2.24, 2.45) is 0 Å². The van der Waals surface area contributed by atoms with Gasteiger partial charge in [-0.1, -0.05) is 66.7 Å². The number of carbonyl (C=O) groups is 1. The molecule has 3 rings (SSSR count). The molecule has 0 radical (unpaired) electrons. The molecule has 2 aromatic carbocycles. The summed E-state index contributed by atoms with van der Waals surface area (Å²) in [6.45, 7) is 8.05. The van der Waals surface area contributed by atoms with Crippen LogP contribution in [0.1, 0.15) is 18.1 Å². The summed E-state index contributed by atoms with van der Waals surface area (Å²) >= 11 is 0. The third-order valence-corrected chi connectivity index (χ3v) is 5.43. The molecule has 0 aromatic heterocycles. The lowest BCUT2D eigenvalue weighted by Crippen LogP contribution is -3.30. The molecule has 0 unspecified atom stereocenters. The van der Waals surface area contributed by atoms with Crippen LogP contribution in [0.25, 0.3) is 6.08 Å². The van der Waals surface area contributed by atoms with Crippen LogP contribution in [0.2, 0.25) is 0 Å². The molecule has 1 fully saturated rings. The number of amides is 1. The zero-order chi connectivity index (χ0) is 18.9. The van der Waals surface area contributed by atoms with Crippen molar-refractivity contribution < 1.29 is 14.6 Å². The number of rotatable bonds is 7. The summed E-state index contributed by atoms with van der Waals surface area (Å²) in [5.74, 6) is 0.154. The maximum Gasteiger partial charge on any atom is 0.278 e. The SMILES string of the molecule is C[C@H](C(=O)NCc1ccccc1)[NH+]1CC[NH+](C/C=C/c2ccccc2)CC1. The van der Waals surface area contributed by atoms with Crippen LogP contribution in [0.3, 0.4) is 0 Å². The quantitative estimate of drug-likeness (QED) is 0.644. The average molecular weight is 366 g/mol. The second kappa shape index (κ2) is 10.0. The van der Waals surface area contributed by atoms with Crippen molar-refractivity contribution in [2.75, 3.05) is 32.7 Å². The Morgan fingerprint density at radius 2 is 1.63 bits per heavy atom. The number of carbonyl (C=O) groups excluding carboxylic acids is 1. The van der Waals surface area contributed by atoms with E-state index in [0.29, 0.717) is 6.54 Å². The summed E-state index contributed by atoms with van der Waals surface area (Å²) in [6.07, 6.45) is 4.47. The number of quaternary nitrogens is 2. The second-order valence-corrected chi connectivity index (χ2v) is 7.35. The first-order chi connectivity index (χ1) is 13.2. The summed E-state index contributed by atoms with van der Waals surface area (Å²) < 4.78 is 0. The molecule has 1 heterocycles. The van der Waals surface area contributed by atoms with Gasteiger partial charge in [0.1, 0.15) is 26.2 Å². The lowest BCUT2D eigenvalue weighted by molar-refractivity contribution is -1.02. The second-order valence-electron chi connectivity index (χ2n) is 7.35. The maximum atomic E-state index is 12.5. The lowest BCUT2D eigenvalue weighted by atomic mass is 10.2. The lowest BCUT2D eigenvalue weighted by Gasteiger charge is -2.32. The van der Waals surface area contributed by atoms with E-state index < -0.39 is 0 Å². The Bertz CT molecular complexity index is 722. The largest absolute Gasteiger partial charge is 0.347 e. The van der Waals surface area contributed by atoms with E-state index in [1.165, 1.54) is 10.5 Å². The van der Waals surface area contributed by atoms with Crippen LogP contribution in [0.15, 0.2) is 66.7 Å². The summed E-state index contributed by atoms with van der Waals surface area (Å²) in [4.78, 5) is 15.5. The molecule has 4 heteroatoms. The molecule has 3 N–H and O–H groups in total. The Labute approximate surface area is 162 Å². The van der Waals surface area contributed by atoms with E-state index in [4.69, 9.17) is 0 Å². The van der Waals surface area contributed by atoms with E-state index >= 15 is 0 Å². The van der Waals surface area contributed by atoms with Gasteiger partial charge in [0.2, 0.25) is 0 Å². The summed E-state index contributed by atoms with van der Waals surface area (Å²) in [7, 11) is 0. The van der Waals surface area contributed by atoms with Crippen molar-refractivity contribution in [1.29, 1.82) is 0 Å². The molecule has 4 nitrogen and oxygen atoms in total. The maximum absolute atomic E-state index is 12.5. The molecule has 1 aliphatic heterocycles. The number of benzene rings is 2. The van der Waals surface area contributed by atoms with Gasteiger partial charge in [-0.2, -0.15) is 0 Å². The minimum absolute atomic E-state index is 0.00937. The van der Waals surface area contributed by atoms with Gasteiger partial charge in [-0.15, -0.1) is 0 Å². The van der Waals surface area contributed by atoms with Crippen LogP contribution in [-0.4, -0.2) is 44.7 Å². The Hall–Kier alpha value is -2.43. The van der Waals surface area contributed by atoms with Crippen LogP contribution < -0.4 is 15.1 Å². The predicted molar refractivity (Wildman–Crippen MR) is 109 cm³/mol. The zero-order valence-corrected chi connectivity index (χ0v) is 16.2. The molecule has 1 saturated heterocycles. The molecule has 0 aliphatic carbocycles. The van der Waals surface area contributed by atoms with Crippen LogP contribution in [0, 0.1) is 0 Å². The van der Waals surface area contributed by atoms with Gasteiger partial charge < -0.3 is 15.1 Å². The van der Waals surface area contributed by atoms with Crippen LogP contribution in [-0.2, 0) is 11.3 Å². The van der Waals surface area contributed by atoms with E-state index in [2.05, 4.69) is 48.7 Å². The van der Waals surface area contributed by atoms with E-state index in [1.54, 1.807) is 4.90 Å². The van der Waals surface area contributed by atoms with E-state index in [1.807, 2.05) is 36.4 Å². The monoisotopic (exact) mass is 365 g/mol. The van der Waals surface area contributed by atoms with Crippen molar-refractivity contribution in [3.8, 4) is 0 Å². The average Bonchev–Trinajstić information content (AvgIpc) is 2.73. The van der Waals surface area contributed by atoms with Crippen molar-refractivity contribution in [1.82, 2.24) is 5.32 Å². The van der Waals surface area contributed by atoms with Crippen molar-refractivity contribution in [2.45, 2.75) is 19.5 Å². The molecule has 0 spiro atoms. The van der Waals surface area contributed by atoms with Gasteiger partial charge in [-0.3, -0.25) is 4.79 Å². The summed E-state index contributed by atoms with van der Waals surface area (Å²) in [5.41, 5.74) is 2.40. The Morgan fingerprint density at radius 1 is 1.00 bits per heavy atom. The topological polar surface area (TPSA) is 38.0 Å². The van der Waals surface area contributed by atoms with Crippen molar-refractivity contribution in [3.63, 3.8) is 0 Å². The normalized spacial score (nSPS) is 21.1. The Balaban J connectivity index is 1.39. The predicted octanol–water partition coefficient (Wildman–Crippen LogP) is 0.188. The first kappa shape index (κ1) is 19.3. The highest BCUT2D eigenvalue weighted by molar-refractivity contribution is 5.79. The molecule has 0 saturated carbocycles. The first-order valence-electron chi connectivity index (χ1n) is 9.94. The summed E-state index contributed by atoms with van der Waals surface area (Å²) in [6, 6.07) is 20.5. The van der Waals surface area contributed by atoms with E-state index in [9.17, 15) is 4.79 Å². The highest BCUT2D eigenvalue weighted by Gasteiger charge is 2.30. The molecule has 1 amide bonds. The molecule has 27 heavy (non-hydrogen) atoms.